The molecule has 3 aliphatic rings. The standard InChI is InChI=1S/C16H22N2O/c19-15-9-11-3-1-2-4-14(11)16(15)17-12-7-8-18(10-12)13-5-6-13/h1-4,12-13,15-17,19H,5-10H2. The largest absolute Gasteiger partial charge is 0.391 e. The van der Waals surface area contributed by atoms with Crippen LogP contribution in [0.2, 0.25) is 0 Å². The Morgan fingerprint density at radius 2 is 2.00 bits per heavy atom. The van der Waals surface area contributed by atoms with Crippen molar-refractivity contribution >= 4 is 0 Å². The average molecular weight is 258 g/mol. The lowest BCUT2D eigenvalue weighted by molar-refractivity contribution is 0.134. The molecule has 0 radical (unpaired) electrons. The average Bonchev–Trinajstić information content (AvgIpc) is 3.09. The number of hydrogen-bond donors (Lipinski definition) is 2. The summed E-state index contributed by atoms with van der Waals surface area (Å²) in [7, 11) is 0. The van der Waals surface area contributed by atoms with E-state index in [1.165, 1.54) is 36.9 Å². The van der Waals surface area contributed by atoms with E-state index in [2.05, 4.69) is 34.5 Å². The molecular weight excluding hydrogens is 236 g/mol. The van der Waals surface area contributed by atoms with Gasteiger partial charge < -0.3 is 10.4 Å². The lowest BCUT2D eigenvalue weighted by Crippen LogP contribution is -2.39. The SMILES string of the molecule is OC1Cc2ccccc2C1NC1CCN(C2CC2)C1. The van der Waals surface area contributed by atoms with Crippen LogP contribution in [0.1, 0.15) is 36.4 Å². The van der Waals surface area contributed by atoms with E-state index in [-0.39, 0.29) is 12.1 Å². The van der Waals surface area contributed by atoms with Crippen LogP contribution in [0, 0.1) is 0 Å². The molecule has 1 aliphatic heterocycles. The van der Waals surface area contributed by atoms with Crippen LogP contribution in [-0.4, -0.2) is 41.3 Å². The molecule has 19 heavy (non-hydrogen) atoms. The number of hydrogen-bond acceptors (Lipinski definition) is 3. The normalized spacial score (nSPS) is 34.7. The fraction of sp³-hybridized carbons (Fsp3) is 0.625. The summed E-state index contributed by atoms with van der Waals surface area (Å²) in [6, 6.07) is 10.0. The minimum atomic E-state index is -0.257. The Bertz CT molecular complexity index is 472. The molecule has 2 fully saturated rings. The van der Waals surface area contributed by atoms with E-state index in [1.54, 1.807) is 0 Å². The quantitative estimate of drug-likeness (QED) is 0.862. The molecule has 1 aromatic carbocycles. The molecule has 102 valence electrons. The Hall–Kier alpha value is -0.900. The highest BCUT2D eigenvalue weighted by molar-refractivity contribution is 5.36. The highest BCUT2D eigenvalue weighted by Gasteiger charge is 2.37. The molecule has 4 rings (SSSR count). The van der Waals surface area contributed by atoms with Crippen LogP contribution in [0.3, 0.4) is 0 Å². The summed E-state index contributed by atoms with van der Waals surface area (Å²) in [6.07, 6.45) is 4.55. The third-order valence-electron chi connectivity index (χ3n) is 4.90. The first kappa shape index (κ1) is 11.9. The van der Waals surface area contributed by atoms with Crippen LogP contribution in [0.4, 0.5) is 0 Å². The second-order valence-electron chi connectivity index (χ2n) is 6.33. The summed E-state index contributed by atoms with van der Waals surface area (Å²) in [5, 5.41) is 14.0. The van der Waals surface area contributed by atoms with Gasteiger partial charge in [-0.15, -0.1) is 0 Å². The molecule has 1 heterocycles. The second kappa shape index (κ2) is 4.58. The number of aliphatic hydroxyl groups excluding tert-OH is 1. The van der Waals surface area contributed by atoms with Crippen molar-refractivity contribution in [3.8, 4) is 0 Å². The van der Waals surface area contributed by atoms with Crippen LogP contribution in [0.5, 0.6) is 0 Å². The van der Waals surface area contributed by atoms with E-state index < -0.39 is 0 Å². The molecule has 0 amide bonds. The van der Waals surface area contributed by atoms with E-state index in [1.807, 2.05) is 0 Å². The summed E-state index contributed by atoms with van der Waals surface area (Å²) in [5.41, 5.74) is 2.62. The first-order valence-electron chi connectivity index (χ1n) is 7.57. The summed E-state index contributed by atoms with van der Waals surface area (Å²) < 4.78 is 0. The number of benzene rings is 1. The highest BCUT2D eigenvalue weighted by Crippen LogP contribution is 2.34. The van der Waals surface area contributed by atoms with Gasteiger partial charge in [-0.05, 0) is 30.4 Å². The van der Waals surface area contributed by atoms with E-state index in [0.29, 0.717) is 6.04 Å². The maximum Gasteiger partial charge on any atom is 0.0775 e. The van der Waals surface area contributed by atoms with Crippen molar-refractivity contribution in [3.05, 3.63) is 35.4 Å². The smallest absolute Gasteiger partial charge is 0.0775 e. The number of nitrogens with zero attached hydrogens (tertiary/aromatic N) is 1. The van der Waals surface area contributed by atoms with Crippen molar-refractivity contribution < 1.29 is 5.11 Å². The molecular formula is C16H22N2O. The van der Waals surface area contributed by atoms with Gasteiger partial charge in [-0.1, -0.05) is 24.3 Å². The molecule has 3 nitrogen and oxygen atoms in total. The van der Waals surface area contributed by atoms with Crippen LogP contribution in [-0.2, 0) is 6.42 Å². The Balaban J connectivity index is 1.45. The van der Waals surface area contributed by atoms with Crippen molar-refractivity contribution in [1.29, 1.82) is 0 Å². The van der Waals surface area contributed by atoms with E-state index in [9.17, 15) is 5.11 Å². The third kappa shape index (κ3) is 2.20. The fourth-order valence-electron chi connectivity index (χ4n) is 3.72. The zero-order chi connectivity index (χ0) is 12.8. The Labute approximate surface area is 114 Å². The molecule has 3 heteroatoms. The van der Waals surface area contributed by atoms with Gasteiger partial charge in [0.1, 0.15) is 0 Å². The van der Waals surface area contributed by atoms with E-state index in [4.69, 9.17) is 0 Å². The first-order valence-corrected chi connectivity index (χ1v) is 7.57. The lowest BCUT2D eigenvalue weighted by atomic mass is 10.1. The van der Waals surface area contributed by atoms with Crippen LogP contribution in [0.25, 0.3) is 0 Å². The van der Waals surface area contributed by atoms with Gasteiger partial charge in [0.15, 0.2) is 0 Å². The Morgan fingerprint density at radius 1 is 1.16 bits per heavy atom. The monoisotopic (exact) mass is 258 g/mol. The van der Waals surface area contributed by atoms with Gasteiger partial charge in [0.25, 0.3) is 0 Å². The van der Waals surface area contributed by atoms with E-state index in [0.717, 1.165) is 19.0 Å². The van der Waals surface area contributed by atoms with Crippen molar-refractivity contribution in [2.45, 2.75) is 49.9 Å². The van der Waals surface area contributed by atoms with Gasteiger partial charge in [-0.3, -0.25) is 4.90 Å². The molecule has 2 aliphatic carbocycles. The van der Waals surface area contributed by atoms with Crippen molar-refractivity contribution in [2.75, 3.05) is 13.1 Å². The predicted molar refractivity (Wildman–Crippen MR) is 75.0 cm³/mol. The fourth-order valence-corrected chi connectivity index (χ4v) is 3.72. The number of fused-ring (bicyclic) bond motifs is 1. The summed E-state index contributed by atoms with van der Waals surface area (Å²) in [6.45, 7) is 2.39. The summed E-state index contributed by atoms with van der Waals surface area (Å²) >= 11 is 0. The molecule has 1 aromatic rings. The lowest BCUT2D eigenvalue weighted by Gasteiger charge is -2.23. The van der Waals surface area contributed by atoms with Gasteiger partial charge in [0.05, 0.1) is 12.1 Å². The molecule has 1 saturated carbocycles. The molecule has 3 atom stereocenters. The van der Waals surface area contributed by atoms with E-state index >= 15 is 0 Å². The van der Waals surface area contributed by atoms with Crippen molar-refractivity contribution in [1.82, 2.24) is 10.2 Å². The molecule has 1 saturated heterocycles. The molecule has 3 unspecified atom stereocenters. The van der Waals surface area contributed by atoms with Crippen molar-refractivity contribution in [3.63, 3.8) is 0 Å². The second-order valence-corrected chi connectivity index (χ2v) is 6.33. The number of likely N-dealkylation sites (tertiary alicyclic amines) is 1. The topological polar surface area (TPSA) is 35.5 Å². The van der Waals surface area contributed by atoms with Crippen molar-refractivity contribution in [2.24, 2.45) is 0 Å². The minimum absolute atomic E-state index is 0.139. The molecule has 0 spiro atoms. The zero-order valence-corrected chi connectivity index (χ0v) is 11.3. The van der Waals surface area contributed by atoms with Crippen LogP contribution >= 0.6 is 0 Å². The Morgan fingerprint density at radius 3 is 2.84 bits per heavy atom. The maximum absolute atomic E-state index is 10.3. The number of nitrogens with one attached hydrogen (secondary N) is 1. The van der Waals surface area contributed by atoms with Gasteiger partial charge >= 0.3 is 0 Å². The van der Waals surface area contributed by atoms with Crippen LogP contribution in [0.15, 0.2) is 24.3 Å². The van der Waals surface area contributed by atoms with Gasteiger partial charge in [0.2, 0.25) is 0 Å². The Kier molecular flexibility index (Phi) is 2.87. The zero-order valence-electron chi connectivity index (χ0n) is 11.3. The third-order valence-corrected chi connectivity index (χ3v) is 4.90. The first-order chi connectivity index (χ1) is 9.31. The van der Waals surface area contributed by atoms with Crippen LogP contribution < -0.4 is 5.32 Å². The predicted octanol–water partition coefficient (Wildman–Crippen LogP) is 1.47. The molecule has 2 N–H and O–H groups in total. The molecule has 0 aromatic heterocycles. The highest BCUT2D eigenvalue weighted by atomic mass is 16.3. The van der Waals surface area contributed by atoms with Gasteiger partial charge in [0, 0.05) is 31.6 Å². The van der Waals surface area contributed by atoms with Gasteiger partial charge in [-0.2, -0.15) is 0 Å². The van der Waals surface area contributed by atoms with Gasteiger partial charge in [-0.25, -0.2) is 0 Å². The summed E-state index contributed by atoms with van der Waals surface area (Å²) in [5.74, 6) is 0. The number of rotatable bonds is 3. The number of aliphatic hydroxyl groups is 1. The summed E-state index contributed by atoms with van der Waals surface area (Å²) in [4.78, 5) is 2.62. The minimum Gasteiger partial charge on any atom is -0.391 e. The molecule has 0 bridgehead atoms. The maximum atomic E-state index is 10.3.